The summed E-state index contributed by atoms with van der Waals surface area (Å²) in [6, 6.07) is 8.01. The van der Waals surface area contributed by atoms with E-state index < -0.39 is 17.8 Å². The number of alkyl halides is 3. The van der Waals surface area contributed by atoms with Crippen molar-refractivity contribution in [3.63, 3.8) is 0 Å². The molecule has 2 N–H and O–H groups in total. The smallest absolute Gasteiger partial charge is 0.416 e. The van der Waals surface area contributed by atoms with Crippen LogP contribution in [0.3, 0.4) is 0 Å². The lowest BCUT2D eigenvalue weighted by atomic mass is 10.1. The quantitative estimate of drug-likeness (QED) is 0.887. The van der Waals surface area contributed by atoms with Gasteiger partial charge in [0.25, 0.3) is 0 Å². The molecule has 108 valence electrons. The number of nitrogens with one attached hydrogen (secondary N) is 1. The summed E-state index contributed by atoms with van der Waals surface area (Å²) in [7, 11) is 0. The Bertz CT molecular complexity index is 538. The van der Waals surface area contributed by atoms with Crippen LogP contribution in [0, 0.1) is 0 Å². The molecule has 0 amide bonds. The summed E-state index contributed by atoms with van der Waals surface area (Å²) in [6.07, 6.45) is -2.88. The first-order valence-electron chi connectivity index (χ1n) is 6.04. The van der Waals surface area contributed by atoms with Crippen LogP contribution in [0.5, 0.6) is 0 Å². The van der Waals surface area contributed by atoms with Gasteiger partial charge in [-0.05, 0) is 23.8 Å². The number of hydrogen-bond acceptors (Lipinski definition) is 3. The van der Waals surface area contributed by atoms with Gasteiger partial charge in [0.2, 0.25) is 0 Å². The molecular formula is C14H14F3NO2. The zero-order valence-electron chi connectivity index (χ0n) is 10.5. The van der Waals surface area contributed by atoms with Gasteiger partial charge in [-0.2, -0.15) is 13.2 Å². The second-order valence-electron chi connectivity index (χ2n) is 4.33. The Morgan fingerprint density at radius 2 is 2.00 bits per heavy atom. The monoisotopic (exact) mass is 285 g/mol. The van der Waals surface area contributed by atoms with Gasteiger partial charge in [-0.1, -0.05) is 18.2 Å². The second kappa shape index (κ2) is 6.11. The zero-order chi connectivity index (χ0) is 14.6. The molecule has 2 rings (SSSR count). The van der Waals surface area contributed by atoms with Crippen LogP contribution in [-0.4, -0.2) is 11.7 Å². The van der Waals surface area contributed by atoms with E-state index in [2.05, 4.69) is 5.32 Å². The highest BCUT2D eigenvalue weighted by Gasteiger charge is 2.30. The number of aliphatic hydroxyl groups is 1. The van der Waals surface area contributed by atoms with Crippen molar-refractivity contribution in [3.8, 4) is 0 Å². The lowest BCUT2D eigenvalue weighted by Gasteiger charge is -2.14. The molecule has 1 aromatic carbocycles. The number of aliphatic hydroxyl groups excluding tert-OH is 1. The maximum absolute atomic E-state index is 12.6. The van der Waals surface area contributed by atoms with Crippen molar-refractivity contribution in [1.29, 1.82) is 0 Å². The van der Waals surface area contributed by atoms with Crippen LogP contribution in [0.25, 0.3) is 0 Å². The molecule has 1 atom stereocenters. The van der Waals surface area contributed by atoms with Gasteiger partial charge in [-0.25, -0.2) is 0 Å². The van der Waals surface area contributed by atoms with Gasteiger partial charge in [0, 0.05) is 6.54 Å². The van der Waals surface area contributed by atoms with Gasteiger partial charge < -0.3 is 14.8 Å². The third-order valence-electron chi connectivity index (χ3n) is 2.88. The van der Waals surface area contributed by atoms with Crippen molar-refractivity contribution in [1.82, 2.24) is 5.32 Å². The first-order chi connectivity index (χ1) is 9.50. The SMILES string of the molecule is OCC(NCc1cccc(C(F)(F)F)c1)c1ccco1. The highest BCUT2D eigenvalue weighted by Crippen LogP contribution is 2.29. The molecule has 6 heteroatoms. The van der Waals surface area contributed by atoms with Crippen molar-refractivity contribution in [2.75, 3.05) is 6.61 Å². The second-order valence-corrected chi connectivity index (χ2v) is 4.33. The summed E-state index contributed by atoms with van der Waals surface area (Å²) in [5.41, 5.74) is -0.194. The van der Waals surface area contributed by atoms with Crippen LogP contribution in [-0.2, 0) is 12.7 Å². The standard InChI is InChI=1S/C14H14F3NO2/c15-14(16,17)11-4-1-3-10(7-11)8-18-12(9-19)13-5-2-6-20-13/h1-7,12,18-19H,8-9H2. The van der Waals surface area contributed by atoms with Crippen LogP contribution in [0.15, 0.2) is 47.1 Å². The van der Waals surface area contributed by atoms with Crippen molar-refractivity contribution < 1.29 is 22.7 Å². The van der Waals surface area contributed by atoms with Crippen LogP contribution in [0.1, 0.15) is 22.9 Å². The van der Waals surface area contributed by atoms with E-state index in [1.54, 1.807) is 18.2 Å². The molecule has 20 heavy (non-hydrogen) atoms. The van der Waals surface area contributed by atoms with Crippen molar-refractivity contribution in [3.05, 3.63) is 59.5 Å². The van der Waals surface area contributed by atoms with E-state index in [0.29, 0.717) is 11.3 Å². The van der Waals surface area contributed by atoms with Crippen molar-refractivity contribution in [2.24, 2.45) is 0 Å². The average molecular weight is 285 g/mol. The molecule has 0 saturated carbocycles. The third-order valence-corrected chi connectivity index (χ3v) is 2.88. The van der Waals surface area contributed by atoms with Gasteiger partial charge in [0.15, 0.2) is 0 Å². The lowest BCUT2D eigenvalue weighted by Crippen LogP contribution is -2.23. The first kappa shape index (κ1) is 14.6. The fourth-order valence-electron chi connectivity index (χ4n) is 1.84. The number of benzene rings is 1. The Morgan fingerprint density at radius 3 is 2.60 bits per heavy atom. The Balaban J connectivity index is 2.03. The van der Waals surface area contributed by atoms with Crippen LogP contribution < -0.4 is 5.32 Å². The lowest BCUT2D eigenvalue weighted by molar-refractivity contribution is -0.137. The zero-order valence-corrected chi connectivity index (χ0v) is 10.5. The first-order valence-corrected chi connectivity index (χ1v) is 6.04. The van der Waals surface area contributed by atoms with E-state index >= 15 is 0 Å². The molecule has 0 radical (unpaired) electrons. The minimum Gasteiger partial charge on any atom is -0.468 e. The summed E-state index contributed by atoms with van der Waals surface area (Å²) >= 11 is 0. The minimum absolute atomic E-state index is 0.202. The summed E-state index contributed by atoms with van der Waals surface area (Å²) in [4.78, 5) is 0. The van der Waals surface area contributed by atoms with Gasteiger partial charge in [-0.3, -0.25) is 0 Å². The summed E-state index contributed by atoms with van der Waals surface area (Å²) < 4.78 is 42.9. The molecule has 1 aromatic heterocycles. The molecule has 2 aromatic rings. The number of furan rings is 1. The largest absolute Gasteiger partial charge is 0.468 e. The number of rotatable bonds is 5. The predicted octanol–water partition coefficient (Wildman–Crippen LogP) is 3.12. The topological polar surface area (TPSA) is 45.4 Å². The molecule has 0 saturated heterocycles. The van der Waals surface area contributed by atoms with Crippen LogP contribution in [0.4, 0.5) is 13.2 Å². The van der Waals surface area contributed by atoms with E-state index in [4.69, 9.17) is 4.42 Å². The van der Waals surface area contributed by atoms with E-state index in [1.807, 2.05) is 0 Å². The summed E-state index contributed by atoms with van der Waals surface area (Å²) in [5, 5.41) is 12.2. The maximum atomic E-state index is 12.6. The normalized spacial score (nSPS) is 13.4. The molecule has 0 aliphatic rings. The molecule has 3 nitrogen and oxygen atoms in total. The highest BCUT2D eigenvalue weighted by molar-refractivity contribution is 5.25. The number of halogens is 3. The van der Waals surface area contributed by atoms with Crippen LogP contribution >= 0.6 is 0 Å². The van der Waals surface area contributed by atoms with Gasteiger partial charge in [-0.15, -0.1) is 0 Å². The van der Waals surface area contributed by atoms with E-state index in [0.717, 1.165) is 12.1 Å². The van der Waals surface area contributed by atoms with E-state index in [9.17, 15) is 18.3 Å². The van der Waals surface area contributed by atoms with Gasteiger partial charge in [0.05, 0.1) is 24.5 Å². The third kappa shape index (κ3) is 3.61. The van der Waals surface area contributed by atoms with Crippen molar-refractivity contribution >= 4 is 0 Å². The van der Waals surface area contributed by atoms with Crippen molar-refractivity contribution in [2.45, 2.75) is 18.8 Å². The molecule has 0 spiro atoms. The van der Waals surface area contributed by atoms with Crippen LogP contribution in [0.2, 0.25) is 0 Å². The average Bonchev–Trinajstić information content (AvgIpc) is 2.93. The fourth-order valence-corrected chi connectivity index (χ4v) is 1.84. The summed E-state index contributed by atoms with van der Waals surface area (Å²) in [5.74, 6) is 0.541. The van der Waals surface area contributed by atoms with E-state index in [-0.39, 0.29) is 13.2 Å². The molecular weight excluding hydrogens is 271 g/mol. The fraction of sp³-hybridized carbons (Fsp3) is 0.286. The van der Waals surface area contributed by atoms with Gasteiger partial charge >= 0.3 is 6.18 Å². The summed E-state index contributed by atoms with van der Waals surface area (Å²) in [6.45, 7) is 0.00230. The number of hydrogen-bond donors (Lipinski definition) is 2. The van der Waals surface area contributed by atoms with E-state index in [1.165, 1.54) is 12.3 Å². The highest BCUT2D eigenvalue weighted by atomic mass is 19.4. The minimum atomic E-state index is -4.35. The maximum Gasteiger partial charge on any atom is 0.416 e. The predicted molar refractivity (Wildman–Crippen MR) is 66.8 cm³/mol. The Morgan fingerprint density at radius 1 is 1.20 bits per heavy atom. The molecule has 0 aliphatic carbocycles. The Kier molecular flexibility index (Phi) is 4.46. The molecule has 1 unspecified atom stereocenters. The molecule has 0 fully saturated rings. The Hall–Kier alpha value is -1.79. The molecule has 0 aliphatic heterocycles. The molecule has 0 bridgehead atoms. The van der Waals surface area contributed by atoms with Gasteiger partial charge in [0.1, 0.15) is 5.76 Å². The molecule has 1 heterocycles. The Labute approximate surface area is 114 Å².